The molecule has 0 aliphatic rings. The molecule has 1 atom stereocenters. The maximum Gasteiger partial charge on any atom is 0.411 e. The van der Waals surface area contributed by atoms with Gasteiger partial charge in [-0.3, -0.25) is 5.32 Å². The zero-order chi connectivity index (χ0) is 22.9. The highest BCUT2D eigenvalue weighted by Gasteiger charge is 2.16. The normalized spacial score (nSPS) is 11.7. The van der Waals surface area contributed by atoms with Crippen LogP contribution in [0.15, 0.2) is 66.7 Å². The number of anilines is 3. The van der Waals surface area contributed by atoms with Gasteiger partial charge in [0.05, 0.1) is 18.3 Å². The van der Waals surface area contributed by atoms with E-state index in [1.807, 2.05) is 32.0 Å². The van der Waals surface area contributed by atoms with Crippen LogP contribution in [0, 0.1) is 6.92 Å². The number of pyridine rings is 1. The Labute approximate surface area is 190 Å². The van der Waals surface area contributed by atoms with Crippen LogP contribution in [0.3, 0.4) is 0 Å². The number of hydrogen-bond acceptors (Lipinski definition) is 5. The Morgan fingerprint density at radius 2 is 1.69 bits per heavy atom. The molecule has 3 N–H and O–H groups in total. The average molecular weight is 433 g/mol. The third-order valence-electron chi connectivity index (χ3n) is 4.92. The Hall–Kier alpha value is -3.54. The first-order valence-electron chi connectivity index (χ1n) is 11.0. The third kappa shape index (κ3) is 6.74. The number of carbonyl (C=O) groups excluding carboxylic acids is 1. The van der Waals surface area contributed by atoms with Crippen LogP contribution >= 0.6 is 0 Å². The molecule has 0 fully saturated rings. The standard InChI is InChI=1S/C26H32N4O2/c1-5-32-26(31)29-22-15-16-24(30-25(22)27-18(2)3)28-23(17-20-9-7-6-8-10-20)21-13-11-19(4)12-14-21/h6-16,18,23H,5,17H2,1-4H3,(H,29,31)(H2,27,28,30). The van der Waals surface area contributed by atoms with Crippen molar-refractivity contribution in [3.63, 3.8) is 0 Å². The van der Waals surface area contributed by atoms with Gasteiger partial charge in [0.2, 0.25) is 0 Å². The number of aromatic nitrogens is 1. The lowest BCUT2D eigenvalue weighted by atomic mass is 9.98. The topological polar surface area (TPSA) is 75.3 Å². The van der Waals surface area contributed by atoms with Gasteiger partial charge in [-0.15, -0.1) is 0 Å². The zero-order valence-corrected chi connectivity index (χ0v) is 19.2. The molecule has 1 unspecified atom stereocenters. The number of amides is 1. The van der Waals surface area contributed by atoms with E-state index in [4.69, 9.17) is 9.72 Å². The predicted molar refractivity (Wildman–Crippen MR) is 131 cm³/mol. The number of nitrogens with zero attached hydrogens (tertiary/aromatic N) is 1. The first-order chi connectivity index (χ1) is 15.4. The van der Waals surface area contributed by atoms with Crippen molar-refractivity contribution in [1.29, 1.82) is 0 Å². The maximum absolute atomic E-state index is 11.9. The molecule has 0 spiro atoms. The van der Waals surface area contributed by atoms with Crippen LogP contribution in [-0.2, 0) is 11.2 Å². The first kappa shape index (κ1) is 23.1. The van der Waals surface area contributed by atoms with Gasteiger partial charge in [-0.25, -0.2) is 9.78 Å². The van der Waals surface area contributed by atoms with E-state index in [1.165, 1.54) is 16.7 Å². The van der Waals surface area contributed by atoms with Crippen molar-refractivity contribution in [2.75, 3.05) is 22.6 Å². The van der Waals surface area contributed by atoms with E-state index >= 15 is 0 Å². The number of hydrogen-bond donors (Lipinski definition) is 3. The summed E-state index contributed by atoms with van der Waals surface area (Å²) >= 11 is 0. The summed E-state index contributed by atoms with van der Waals surface area (Å²) in [6.45, 7) is 8.23. The molecule has 6 heteroatoms. The van der Waals surface area contributed by atoms with Gasteiger partial charge in [-0.1, -0.05) is 60.2 Å². The summed E-state index contributed by atoms with van der Waals surface area (Å²) in [5.74, 6) is 1.32. The van der Waals surface area contributed by atoms with Crippen LogP contribution < -0.4 is 16.0 Å². The largest absolute Gasteiger partial charge is 0.450 e. The van der Waals surface area contributed by atoms with E-state index in [9.17, 15) is 4.79 Å². The summed E-state index contributed by atoms with van der Waals surface area (Å²) in [5, 5.41) is 9.66. The van der Waals surface area contributed by atoms with Gasteiger partial charge >= 0.3 is 6.09 Å². The second kappa shape index (κ2) is 11.2. The average Bonchev–Trinajstić information content (AvgIpc) is 2.76. The molecule has 1 amide bonds. The molecule has 1 heterocycles. The fourth-order valence-corrected chi connectivity index (χ4v) is 3.38. The highest BCUT2D eigenvalue weighted by molar-refractivity contribution is 5.88. The van der Waals surface area contributed by atoms with E-state index in [0.717, 1.165) is 12.2 Å². The number of aryl methyl sites for hydroxylation is 1. The molecule has 168 valence electrons. The van der Waals surface area contributed by atoms with Crippen LogP contribution in [-0.4, -0.2) is 23.7 Å². The fourth-order valence-electron chi connectivity index (χ4n) is 3.38. The summed E-state index contributed by atoms with van der Waals surface area (Å²) < 4.78 is 5.01. The second-order valence-corrected chi connectivity index (χ2v) is 8.03. The minimum atomic E-state index is -0.497. The molecule has 1 aromatic heterocycles. The van der Waals surface area contributed by atoms with Crippen LogP contribution in [0.4, 0.5) is 22.1 Å². The SMILES string of the molecule is CCOC(=O)Nc1ccc(NC(Cc2ccccc2)c2ccc(C)cc2)nc1NC(C)C. The molecular weight excluding hydrogens is 400 g/mol. The molecule has 2 aromatic carbocycles. The Morgan fingerprint density at radius 3 is 2.34 bits per heavy atom. The van der Waals surface area contributed by atoms with Crippen molar-refractivity contribution in [1.82, 2.24) is 4.98 Å². The summed E-state index contributed by atoms with van der Waals surface area (Å²) in [4.78, 5) is 16.7. The van der Waals surface area contributed by atoms with Gasteiger partial charge < -0.3 is 15.4 Å². The van der Waals surface area contributed by atoms with Crippen molar-refractivity contribution in [2.45, 2.75) is 46.2 Å². The Balaban J connectivity index is 1.88. The quantitative estimate of drug-likeness (QED) is 0.377. The molecule has 0 aliphatic carbocycles. The molecule has 32 heavy (non-hydrogen) atoms. The second-order valence-electron chi connectivity index (χ2n) is 8.03. The summed E-state index contributed by atoms with van der Waals surface area (Å²) in [6.07, 6.45) is 0.324. The number of rotatable bonds is 9. The minimum Gasteiger partial charge on any atom is -0.450 e. The number of nitrogens with one attached hydrogen (secondary N) is 3. The molecule has 0 saturated carbocycles. The van der Waals surface area contributed by atoms with Crippen LogP contribution in [0.5, 0.6) is 0 Å². The molecule has 3 aromatic rings. The van der Waals surface area contributed by atoms with Gasteiger partial charge in [-0.05, 0) is 57.4 Å². The van der Waals surface area contributed by atoms with Gasteiger partial charge in [0, 0.05) is 6.04 Å². The predicted octanol–water partition coefficient (Wildman–Crippen LogP) is 6.17. The minimum absolute atomic E-state index is 0.0428. The molecule has 0 saturated heterocycles. The number of benzene rings is 2. The number of carbonyl (C=O) groups is 1. The van der Waals surface area contributed by atoms with Crippen LogP contribution in [0.1, 0.15) is 43.5 Å². The van der Waals surface area contributed by atoms with Crippen molar-refractivity contribution in [3.05, 3.63) is 83.4 Å². The van der Waals surface area contributed by atoms with Gasteiger partial charge in [0.25, 0.3) is 0 Å². The van der Waals surface area contributed by atoms with E-state index in [-0.39, 0.29) is 12.1 Å². The first-order valence-corrected chi connectivity index (χ1v) is 11.0. The smallest absolute Gasteiger partial charge is 0.411 e. The molecule has 0 radical (unpaired) electrons. The molecule has 6 nitrogen and oxygen atoms in total. The van der Waals surface area contributed by atoms with E-state index in [0.29, 0.717) is 18.1 Å². The summed E-state index contributed by atoms with van der Waals surface area (Å²) in [5.41, 5.74) is 4.24. The van der Waals surface area contributed by atoms with E-state index in [1.54, 1.807) is 6.92 Å². The molecular formula is C26H32N4O2. The molecule has 0 bridgehead atoms. The lowest BCUT2D eigenvalue weighted by Crippen LogP contribution is -2.19. The van der Waals surface area contributed by atoms with Gasteiger partial charge in [0.1, 0.15) is 5.82 Å². The van der Waals surface area contributed by atoms with Gasteiger partial charge in [0.15, 0.2) is 5.82 Å². The van der Waals surface area contributed by atoms with Crippen LogP contribution in [0.2, 0.25) is 0 Å². The van der Waals surface area contributed by atoms with Gasteiger partial charge in [-0.2, -0.15) is 0 Å². The number of ether oxygens (including phenoxy) is 1. The van der Waals surface area contributed by atoms with Crippen LogP contribution in [0.25, 0.3) is 0 Å². The Bertz CT molecular complexity index is 1000. The fraction of sp³-hybridized carbons (Fsp3) is 0.308. The lowest BCUT2D eigenvalue weighted by molar-refractivity contribution is 0.168. The lowest BCUT2D eigenvalue weighted by Gasteiger charge is -2.22. The van der Waals surface area contributed by atoms with Crippen molar-refractivity contribution >= 4 is 23.4 Å². The highest BCUT2D eigenvalue weighted by Crippen LogP contribution is 2.27. The Kier molecular flexibility index (Phi) is 8.08. The van der Waals surface area contributed by atoms with E-state index < -0.39 is 6.09 Å². The summed E-state index contributed by atoms with van der Waals surface area (Å²) in [6, 6.07) is 22.9. The Morgan fingerprint density at radius 1 is 0.969 bits per heavy atom. The van der Waals surface area contributed by atoms with Crippen molar-refractivity contribution < 1.29 is 9.53 Å². The zero-order valence-electron chi connectivity index (χ0n) is 19.2. The maximum atomic E-state index is 11.9. The highest BCUT2D eigenvalue weighted by atomic mass is 16.5. The molecule has 3 rings (SSSR count). The monoisotopic (exact) mass is 432 g/mol. The van der Waals surface area contributed by atoms with Crippen molar-refractivity contribution in [3.8, 4) is 0 Å². The molecule has 0 aliphatic heterocycles. The third-order valence-corrected chi connectivity index (χ3v) is 4.92. The summed E-state index contributed by atoms with van der Waals surface area (Å²) in [7, 11) is 0. The van der Waals surface area contributed by atoms with Crippen molar-refractivity contribution in [2.24, 2.45) is 0 Å². The van der Waals surface area contributed by atoms with E-state index in [2.05, 4.69) is 71.4 Å².